The molecule has 1 N–H and O–H groups in total. The van der Waals surface area contributed by atoms with Crippen molar-refractivity contribution in [2.45, 2.75) is 57.5 Å². The van der Waals surface area contributed by atoms with Crippen molar-refractivity contribution >= 4 is 0 Å². The van der Waals surface area contributed by atoms with Gasteiger partial charge in [-0.2, -0.15) is 0 Å². The first kappa shape index (κ1) is 11.7. The minimum absolute atomic E-state index is 0.0512. The zero-order chi connectivity index (χ0) is 12.2. The summed E-state index contributed by atoms with van der Waals surface area (Å²) in [4.78, 5) is 0. The van der Waals surface area contributed by atoms with Gasteiger partial charge in [-0.05, 0) is 29.9 Å². The largest absolute Gasteiger partial charge is 0.389 e. The van der Waals surface area contributed by atoms with E-state index in [1.165, 1.54) is 11.1 Å². The van der Waals surface area contributed by atoms with Gasteiger partial charge in [-0.25, -0.2) is 0 Å². The number of hydrogen-bond donors (Lipinski definition) is 1. The molecule has 0 heterocycles. The smallest absolute Gasteiger partial charge is 0.0719 e. The van der Waals surface area contributed by atoms with E-state index >= 15 is 0 Å². The van der Waals surface area contributed by atoms with Gasteiger partial charge in [0.2, 0.25) is 0 Å². The molecule has 88 valence electrons. The minimum atomic E-state index is -0.648. The van der Waals surface area contributed by atoms with Gasteiger partial charge in [0.1, 0.15) is 0 Å². The van der Waals surface area contributed by atoms with Gasteiger partial charge in [-0.1, -0.05) is 52.0 Å². The van der Waals surface area contributed by atoms with Gasteiger partial charge in [0.25, 0.3) is 0 Å². The lowest BCUT2D eigenvalue weighted by atomic mass is 9.56. The molecule has 1 nitrogen and oxygen atoms in total. The molecule has 2 rings (SSSR count). The number of rotatable bonds is 0. The van der Waals surface area contributed by atoms with Crippen LogP contribution >= 0.6 is 0 Å². The fourth-order valence-electron chi connectivity index (χ4n) is 3.09. The van der Waals surface area contributed by atoms with Crippen LogP contribution in [0, 0.1) is 0 Å². The zero-order valence-corrected chi connectivity index (χ0v) is 11.0. The highest BCUT2D eigenvalue weighted by Crippen LogP contribution is 2.50. The number of fused-ring (bicyclic) bond motifs is 1. The first-order chi connectivity index (χ1) is 7.18. The molecule has 1 aromatic rings. The van der Waals surface area contributed by atoms with Gasteiger partial charge >= 0.3 is 0 Å². The third-order valence-corrected chi connectivity index (χ3v) is 4.46. The lowest BCUT2D eigenvalue weighted by Crippen LogP contribution is -2.53. The predicted molar refractivity (Wildman–Crippen MR) is 67.7 cm³/mol. The number of aliphatic hydroxyl groups is 1. The molecule has 0 radical (unpaired) electrons. The van der Waals surface area contributed by atoms with Crippen molar-refractivity contribution in [3.05, 3.63) is 35.4 Å². The Hall–Kier alpha value is -0.820. The van der Waals surface area contributed by atoms with Crippen LogP contribution in [0.15, 0.2) is 24.3 Å². The molecule has 0 amide bonds. The molecule has 0 aromatic heterocycles. The highest BCUT2D eigenvalue weighted by atomic mass is 16.3. The van der Waals surface area contributed by atoms with Crippen molar-refractivity contribution in [2.75, 3.05) is 0 Å². The Labute approximate surface area is 98.5 Å². The first-order valence-corrected chi connectivity index (χ1v) is 6.01. The predicted octanol–water partition coefficient (Wildman–Crippen LogP) is 3.40. The SMILES string of the molecule is CC1(C)C[C@@](C)(O)C(C)(C)c2ccccc21. The highest BCUT2D eigenvalue weighted by molar-refractivity contribution is 5.44. The van der Waals surface area contributed by atoms with Crippen molar-refractivity contribution < 1.29 is 5.11 Å². The molecule has 0 spiro atoms. The van der Waals surface area contributed by atoms with Crippen molar-refractivity contribution in [1.29, 1.82) is 0 Å². The molecule has 0 fully saturated rings. The summed E-state index contributed by atoms with van der Waals surface area (Å²) in [5.74, 6) is 0. The van der Waals surface area contributed by atoms with Crippen molar-refractivity contribution in [3.63, 3.8) is 0 Å². The summed E-state index contributed by atoms with van der Waals surface area (Å²) in [6, 6.07) is 8.52. The van der Waals surface area contributed by atoms with E-state index in [0.29, 0.717) is 0 Å². The van der Waals surface area contributed by atoms with E-state index in [1.54, 1.807) is 0 Å². The Balaban J connectivity index is 2.71. The maximum atomic E-state index is 10.7. The summed E-state index contributed by atoms with van der Waals surface area (Å²) in [6.45, 7) is 10.7. The molecule has 0 saturated carbocycles. The summed E-state index contributed by atoms with van der Waals surface area (Å²) in [5.41, 5.74) is 1.89. The average molecular weight is 218 g/mol. The van der Waals surface area contributed by atoms with Gasteiger partial charge in [-0.15, -0.1) is 0 Å². The molecular weight excluding hydrogens is 196 g/mol. The molecule has 1 atom stereocenters. The third-order valence-electron chi connectivity index (χ3n) is 4.46. The van der Waals surface area contributed by atoms with Gasteiger partial charge in [0, 0.05) is 5.41 Å². The van der Waals surface area contributed by atoms with E-state index < -0.39 is 5.60 Å². The Bertz CT molecular complexity index is 413. The molecule has 0 bridgehead atoms. The molecule has 16 heavy (non-hydrogen) atoms. The summed E-state index contributed by atoms with van der Waals surface area (Å²) in [7, 11) is 0. The molecule has 1 aliphatic carbocycles. The van der Waals surface area contributed by atoms with Crippen LogP contribution in [0.2, 0.25) is 0 Å². The normalized spacial score (nSPS) is 30.9. The molecular formula is C15H22O. The van der Waals surface area contributed by atoms with Gasteiger partial charge in [-0.3, -0.25) is 0 Å². The molecule has 1 heteroatoms. The van der Waals surface area contributed by atoms with Crippen LogP contribution in [0.1, 0.15) is 52.2 Å². The standard InChI is InChI=1S/C15H22O/c1-13(2)10-15(5,16)14(3,4)12-9-7-6-8-11(12)13/h6-9,16H,10H2,1-5H3/t15-/m1/s1. The van der Waals surface area contributed by atoms with Gasteiger partial charge in [0.15, 0.2) is 0 Å². The summed E-state index contributed by atoms with van der Waals surface area (Å²) < 4.78 is 0. The quantitative estimate of drug-likeness (QED) is 0.707. The van der Waals surface area contributed by atoms with Crippen molar-refractivity contribution in [1.82, 2.24) is 0 Å². The Kier molecular flexibility index (Phi) is 2.26. The molecule has 1 aromatic carbocycles. The number of benzene rings is 1. The van der Waals surface area contributed by atoms with E-state index in [2.05, 4.69) is 52.0 Å². The maximum absolute atomic E-state index is 10.7. The monoisotopic (exact) mass is 218 g/mol. The fourth-order valence-corrected chi connectivity index (χ4v) is 3.09. The van der Waals surface area contributed by atoms with Crippen molar-refractivity contribution in [3.8, 4) is 0 Å². The summed E-state index contributed by atoms with van der Waals surface area (Å²) in [6.07, 6.45) is 0.810. The topological polar surface area (TPSA) is 20.2 Å². The van der Waals surface area contributed by atoms with Crippen LogP contribution in [-0.4, -0.2) is 10.7 Å². The molecule has 0 saturated heterocycles. The van der Waals surface area contributed by atoms with Gasteiger partial charge < -0.3 is 5.11 Å². The molecule has 0 unspecified atom stereocenters. The minimum Gasteiger partial charge on any atom is -0.389 e. The first-order valence-electron chi connectivity index (χ1n) is 6.01. The zero-order valence-electron chi connectivity index (χ0n) is 11.0. The second-order valence-corrected chi connectivity index (χ2v) is 6.51. The fraction of sp³-hybridized carbons (Fsp3) is 0.600. The molecule has 1 aliphatic rings. The Morgan fingerprint density at radius 2 is 1.44 bits per heavy atom. The third kappa shape index (κ3) is 1.41. The van der Waals surface area contributed by atoms with Crippen LogP contribution in [0.3, 0.4) is 0 Å². The van der Waals surface area contributed by atoms with Crippen LogP contribution in [0.25, 0.3) is 0 Å². The second kappa shape index (κ2) is 3.10. The van der Waals surface area contributed by atoms with E-state index in [9.17, 15) is 5.11 Å². The Morgan fingerprint density at radius 3 is 2.00 bits per heavy atom. The van der Waals surface area contributed by atoms with Gasteiger partial charge in [0.05, 0.1) is 5.60 Å². The van der Waals surface area contributed by atoms with E-state index in [0.717, 1.165) is 6.42 Å². The van der Waals surface area contributed by atoms with Crippen molar-refractivity contribution in [2.24, 2.45) is 0 Å². The van der Waals surface area contributed by atoms with E-state index in [-0.39, 0.29) is 10.8 Å². The van der Waals surface area contributed by atoms with E-state index in [1.807, 2.05) is 6.92 Å². The summed E-state index contributed by atoms with van der Waals surface area (Å²) in [5, 5.41) is 10.7. The Morgan fingerprint density at radius 1 is 0.938 bits per heavy atom. The van der Waals surface area contributed by atoms with E-state index in [4.69, 9.17) is 0 Å². The highest BCUT2D eigenvalue weighted by Gasteiger charge is 2.50. The van der Waals surface area contributed by atoms with Crippen LogP contribution < -0.4 is 0 Å². The van der Waals surface area contributed by atoms with Crippen LogP contribution in [0.4, 0.5) is 0 Å². The lowest BCUT2D eigenvalue weighted by molar-refractivity contribution is -0.0421. The van der Waals surface area contributed by atoms with Crippen LogP contribution in [-0.2, 0) is 10.8 Å². The molecule has 0 aliphatic heterocycles. The maximum Gasteiger partial charge on any atom is 0.0719 e. The van der Waals surface area contributed by atoms with Crippen LogP contribution in [0.5, 0.6) is 0 Å². The lowest BCUT2D eigenvalue weighted by Gasteiger charge is -2.51. The second-order valence-electron chi connectivity index (χ2n) is 6.51. The summed E-state index contributed by atoms with van der Waals surface area (Å²) >= 11 is 0. The average Bonchev–Trinajstić information content (AvgIpc) is 2.14. The number of hydrogen-bond acceptors (Lipinski definition) is 1.